The first-order valence-corrected chi connectivity index (χ1v) is 13.4. The van der Waals surface area contributed by atoms with Crippen LogP contribution >= 0.6 is 34.4 Å². The number of aliphatic imine (C=N–C) groups is 1. The number of carbonyl (C=O) groups is 1. The van der Waals surface area contributed by atoms with Crippen LogP contribution in [0.5, 0.6) is 11.5 Å². The number of rotatable bonds is 8. The highest BCUT2D eigenvalue weighted by Gasteiger charge is 2.24. The van der Waals surface area contributed by atoms with Crippen LogP contribution in [0.2, 0.25) is 0 Å². The molecule has 0 atom stereocenters. The van der Waals surface area contributed by atoms with Gasteiger partial charge in [-0.3, -0.25) is 4.79 Å². The Hall–Kier alpha value is -3.29. The predicted octanol–water partition coefficient (Wildman–Crippen LogP) is 6.59. The number of nitrogens with one attached hydrogen (secondary N) is 1. The van der Waals surface area contributed by atoms with E-state index in [4.69, 9.17) is 9.47 Å². The van der Waals surface area contributed by atoms with E-state index in [1.807, 2.05) is 67.6 Å². The van der Waals surface area contributed by atoms with E-state index in [9.17, 15) is 10.1 Å². The third-order valence-corrected chi connectivity index (χ3v) is 7.08. The van der Waals surface area contributed by atoms with Gasteiger partial charge in [0.05, 0.1) is 32.4 Å². The van der Waals surface area contributed by atoms with Crippen molar-refractivity contribution in [3.8, 4) is 17.6 Å². The number of nitrogens with zero attached hydrogens (tertiary/aromatic N) is 2. The molecule has 0 aromatic heterocycles. The van der Waals surface area contributed by atoms with Crippen molar-refractivity contribution in [2.45, 2.75) is 26.9 Å². The van der Waals surface area contributed by atoms with Crippen LogP contribution in [0, 0.1) is 14.9 Å². The number of hydrogen-bond acceptors (Lipinski definition) is 6. The third kappa shape index (κ3) is 6.28. The molecule has 6 nitrogen and oxygen atoms in total. The fourth-order valence-electron chi connectivity index (χ4n) is 3.53. The minimum absolute atomic E-state index is 0.190. The molecular weight excluding hydrogens is 585 g/mol. The minimum atomic E-state index is -0.190. The Morgan fingerprint density at radius 2 is 1.89 bits per heavy atom. The van der Waals surface area contributed by atoms with Crippen molar-refractivity contribution < 1.29 is 14.3 Å². The van der Waals surface area contributed by atoms with Gasteiger partial charge in [0.1, 0.15) is 6.61 Å². The number of carbonyl (C=O) groups excluding carboxylic acids is 1. The molecule has 0 aliphatic carbocycles. The number of halogens is 1. The summed E-state index contributed by atoms with van der Waals surface area (Å²) in [6, 6.07) is 21.3. The lowest BCUT2D eigenvalue weighted by molar-refractivity contribution is -0.115. The zero-order valence-corrected chi connectivity index (χ0v) is 22.9. The molecule has 182 valence electrons. The van der Waals surface area contributed by atoms with E-state index in [0.29, 0.717) is 33.7 Å². The molecule has 1 aliphatic heterocycles. The zero-order chi connectivity index (χ0) is 25.5. The van der Waals surface area contributed by atoms with Crippen LogP contribution in [-0.4, -0.2) is 17.7 Å². The van der Waals surface area contributed by atoms with Crippen LogP contribution in [0.3, 0.4) is 0 Å². The van der Waals surface area contributed by atoms with E-state index in [0.717, 1.165) is 26.8 Å². The second-order valence-corrected chi connectivity index (χ2v) is 10.0. The van der Waals surface area contributed by atoms with Crippen molar-refractivity contribution in [1.82, 2.24) is 5.32 Å². The fraction of sp³-hybridized carbons (Fsp3) is 0.179. The van der Waals surface area contributed by atoms with Crippen molar-refractivity contribution in [2.75, 3.05) is 6.61 Å². The molecule has 1 heterocycles. The molecule has 0 saturated carbocycles. The topological polar surface area (TPSA) is 83.7 Å². The van der Waals surface area contributed by atoms with E-state index in [1.54, 1.807) is 6.07 Å². The van der Waals surface area contributed by atoms with Gasteiger partial charge in [0, 0.05) is 5.56 Å². The molecule has 1 saturated heterocycles. The molecule has 1 aliphatic rings. The lowest BCUT2D eigenvalue weighted by atomic mass is 10.1. The monoisotopic (exact) mass is 609 g/mol. The highest BCUT2D eigenvalue weighted by molar-refractivity contribution is 14.1. The first kappa shape index (κ1) is 25.8. The molecule has 0 unspecified atom stereocenters. The summed E-state index contributed by atoms with van der Waals surface area (Å²) in [4.78, 5) is 17.7. The Labute approximate surface area is 228 Å². The SMILES string of the molecule is CCOc1cc(/C=C2\SC(=Nc3ccc(CC)cc3)NC2=O)cc(I)c1OCc1ccccc1C#N. The van der Waals surface area contributed by atoms with Crippen molar-refractivity contribution in [3.63, 3.8) is 0 Å². The number of hydrogen-bond donors (Lipinski definition) is 1. The molecule has 3 aromatic carbocycles. The van der Waals surface area contributed by atoms with E-state index < -0.39 is 0 Å². The van der Waals surface area contributed by atoms with E-state index >= 15 is 0 Å². The number of benzene rings is 3. The van der Waals surface area contributed by atoms with E-state index in [2.05, 4.69) is 45.9 Å². The van der Waals surface area contributed by atoms with Gasteiger partial charge in [0.15, 0.2) is 16.7 Å². The van der Waals surface area contributed by atoms with Crippen LogP contribution in [0.4, 0.5) is 5.69 Å². The van der Waals surface area contributed by atoms with Gasteiger partial charge in [-0.1, -0.05) is 37.3 Å². The first-order chi connectivity index (χ1) is 17.5. The molecule has 8 heteroatoms. The first-order valence-electron chi connectivity index (χ1n) is 11.5. The van der Waals surface area contributed by atoms with Gasteiger partial charge in [-0.25, -0.2) is 4.99 Å². The Morgan fingerprint density at radius 3 is 2.61 bits per heavy atom. The molecule has 4 rings (SSSR count). The van der Waals surface area contributed by atoms with Gasteiger partial charge in [0.2, 0.25) is 0 Å². The highest BCUT2D eigenvalue weighted by Crippen LogP contribution is 2.37. The standard InChI is InChI=1S/C28H24IN3O3S/c1-3-18-9-11-22(12-10-18)31-28-32-27(33)25(36-28)15-19-13-23(29)26(24(14-19)34-4-2)35-17-21-8-6-5-7-20(21)16-30/h5-15H,3-4,17H2,1-2H3,(H,31,32,33)/b25-15-. The molecule has 1 N–H and O–H groups in total. The molecule has 1 amide bonds. The second-order valence-electron chi connectivity index (χ2n) is 7.82. The molecule has 0 radical (unpaired) electrons. The van der Waals surface area contributed by atoms with Crippen LogP contribution < -0.4 is 14.8 Å². The highest BCUT2D eigenvalue weighted by atomic mass is 127. The van der Waals surface area contributed by atoms with Crippen LogP contribution in [0.1, 0.15) is 36.1 Å². The van der Waals surface area contributed by atoms with Crippen molar-refractivity contribution >= 4 is 57.2 Å². The molecule has 0 spiro atoms. The summed E-state index contributed by atoms with van der Waals surface area (Å²) in [5.41, 5.74) is 4.24. The van der Waals surface area contributed by atoms with Crippen molar-refractivity contribution in [1.29, 1.82) is 5.26 Å². The fourth-order valence-corrected chi connectivity index (χ4v) is 5.16. The zero-order valence-electron chi connectivity index (χ0n) is 19.9. The van der Waals surface area contributed by atoms with E-state index in [-0.39, 0.29) is 12.5 Å². The maximum Gasteiger partial charge on any atom is 0.264 e. The Morgan fingerprint density at radius 1 is 1.11 bits per heavy atom. The lowest BCUT2D eigenvalue weighted by Crippen LogP contribution is -2.19. The van der Waals surface area contributed by atoms with Gasteiger partial charge in [-0.15, -0.1) is 0 Å². The number of thioether (sulfide) groups is 1. The summed E-state index contributed by atoms with van der Waals surface area (Å²) in [5.74, 6) is 0.998. The number of amides is 1. The van der Waals surface area contributed by atoms with Crippen LogP contribution in [0.15, 0.2) is 70.6 Å². The number of aryl methyl sites for hydroxylation is 1. The third-order valence-electron chi connectivity index (χ3n) is 5.37. The average Bonchev–Trinajstić information content (AvgIpc) is 3.22. The van der Waals surface area contributed by atoms with Gasteiger partial charge < -0.3 is 14.8 Å². The molecular formula is C28H24IN3O3S. The summed E-state index contributed by atoms with van der Waals surface area (Å²) in [6.45, 7) is 4.72. The summed E-state index contributed by atoms with van der Waals surface area (Å²) >= 11 is 3.50. The van der Waals surface area contributed by atoms with Gasteiger partial charge in [-0.2, -0.15) is 5.26 Å². The number of ether oxygens (including phenoxy) is 2. The summed E-state index contributed by atoms with van der Waals surface area (Å²) in [6.07, 6.45) is 2.79. The Bertz CT molecular complexity index is 1380. The Balaban J connectivity index is 1.55. The number of amidine groups is 1. The largest absolute Gasteiger partial charge is 0.490 e. The van der Waals surface area contributed by atoms with E-state index in [1.165, 1.54) is 17.3 Å². The maximum atomic E-state index is 12.6. The molecule has 3 aromatic rings. The summed E-state index contributed by atoms with van der Waals surface area (Å²) < 4.78 is 12.8. The second kappa shape index (κ2) is 12.1. The normalized spacial score (nSPS) is 15.1. The molecule has 36 heavy (non-hydrogen) atoms. The quantitative estimate of drug-likeness (QED) is 0.230. The minimum Gasteiger partial charge on any atom is -0.490 e. The predicted molar refractivity (Wildman–Crippen MR) is 152 cm³/mol. The lowest BCUT2D eigenvalue weighted by Gasteiger charge is -2.15. The van der Waals surface area contributed by atoms with Crippen molar-refractivity contribution in [3.05, 3.63) is 91.4 Å². The van der Waals surface area contributed by atoms with Gasteiger partial charge >= 0.3 is 0 Å². The Kier molecular flexibility index (Phi) is 8.67. The smallest absolute Gasteiger partial charge is 0.264 e. The van der Waals surface area contributed by atoms with Crippen molar-refractivity contribution in [2.24, 2.45) is 4.99 Å². The average molecular weight is 609 g/mol. The summed E-state index contributed by atoms with van der Waals surface area (Å²) in [5, 5.41) is 12.7. The molecule has 1 fully saturated rings. The summed E-state index contributed by atoms with van der Waals surface area (Å²) in [7, 11) is 0. The molecule has 0 bridgehead atoms. The maximum absolute atomic E-state index is 12.6. The number of nitriles is 1. The van der Waals surface area contributed by atoms with Crippen LogP contribution in [-0.2, 0) is 17.8 Å². The van der Waals surface area contributed by atoms with Gasteiger partial charge in [-0.05, 0) is 95.2 Å². The van der Waals surface area contributed by atoms with Crippen LogP contribution in [0.25, 0.3) is 6.08 Å². The van der Waals surface area contributed by atoms with Gasteiger partial charge in [0.25, 0.3) is 5.91 Å².